The molecule has 1 aromatic heterocycles. The molecule has 0 saturated carbocycles. The number of rotatable bonds is 27. The molecule has 25 heteroatoms. The zero-order valence-electron chi connectivity index (χ0n) is 52.3. The molecular weight excluding hydrogens is 1240 g/mol. The Morgan fingerprint density at radius 2 is 0.989 bits per heavy atom. The SMILES string of the molecule is CCCCCCCOc1ccc(C(=O)Oc2ccc(CN(CC(=O)O)C(=O)c3ccc(NC(=O)Cc4ccc(OC)cc4C(F)(F)F)cc3)cc2)cn1.COc1ccc(CC(=O)Nc2ccc(C(=O)N(CC(=O)OC(C)(C)C)Cc3ccc(O)cc3)cc2)c(C(F)(F)F)c1. The van der Waals surface area contributed by atoms with Crippen LogP contribution in [0, 0.1) is 0 Å². The van der Waals surface area contributed by atoms with Crippen LogP contribution in [0.5, 0.6) is 28.9 Å². The Hall–Kier alpha value is -10.5. The lowest BCUT2D eigenvalue weighted by Crippen LogP contribution is -2.38. The van der Waals surface area contributed by atoms with Gasteiger partial charge in [-0.25, -0.2) is 9.78 Å². The first kappa shape index (κ1) is 72.6. The monoisotopic (exact) mass is 1310 g/mol. The maximum absolute atomic E-state index is 13.5. The van der Waals surface area contributed by atoms with Crippen molar-refractivity contribution in [1.29, 1.82) is 0 Å². The summed E-state index contributed by atoms with van der Waals surface area (Å²) in [4.78, 5) is 95.2. The minimum atomic E-state index is -4.70. The van der Waals surface area contributed by atoms with Gasteiger partial charge in [0.05, 0.1) is 50.4 Å². The second kappa shape index (κ2) is 33.7. The number of anilines is 2. The first-order valence-corrected chi connectivity index (χ1v) is 29.5. The molecule has 4 amide bonds. The maximum Gasteiger partial charge on any atom is 0.416 e. The smallest absolute Gasteiger partial charge is 0.416 e. The molecule has 0 aliphatic carbocycles. The van der Waals surface area contributed by atoms with Crippen molar-refractivity contribution in [2.75, 3.05) is 44.5 Å². The molecule has 0 bridgehead atoms. The van der Waals surface area contributed by atoms with Crippen LogP contribution in [0.1, 0.15) is 124 Å². The molecule has 0 aliphatic rings. The summed E-state index contributed by atoms with van der Waals surface area (Å²) in [5, 5.41) is 24.1. The summed E-state index contributed by atoms with van der Waals surface area (Å²) in [6.07, 6.45) is -3.57. The Labute approximate surface area is 538 Å². The predicted molar refractivity (Wildman–Crippen MR) is 335 cm³/mol. The molecule has 7 rings (SSSR count). The number of carboxylic acids is 1. The molecule has 0 fully saturated rings. The number of amides is 4. The second-order valence-corrected chi connectivity index (χ2v) is 22.3. The number of hydrogen-bond acceptors (Lipinski definition) is 14. The number of halogens is 6. The highest BCUT2D eigenvalue weighted by Gasteiger charge is 2.36. The van der Waals surface area contributed by atoms with Crippen LogP contribution in [-0.4, -0.2) is 106 Å². The number of benzene rings is 6. The number of carbonyl (C=O) groups is 7. The molecule has 0 saturated heterocycles. The van der Waals surface area contributed by atoms with E-state index in [1.54, 1.807) is 57.2 Å². The minimum Gasteiger partial charge on any atom is -0.508 e. The van der Waals surface area contributed by atoms with Crippen molar-refractivity contribution in [3.63, 3.8) is 0 Å². The molecule has 498 valence electrons. The number of ether oxygens (including phenoxy) is 5. The summed E-state index contributed by atoms with van der Waals surface area (Å²) >= 11 is 0. The van der Waals surface area contributed by atoms with Crippen molar-refractivity contribution in [3.8, 4) is 28.9 Å². The Bertz CT molecular complexity index is 3710. The van der Waals surface area contributed by atoms with Gasteiger partial charge in [-0.2, -0.15) is 26.3 Å². The third-order valence-electron chi connectivity index (χ3n) is 13.7. The fourth-order valence-electron chi connectivity index (χ4n) is 9.15. The molecule has 0 atom stereocenters. The Balaban J connectivity index is 0.000000308. The topological polar surface area (TPSA) is 250 Å². The van der Waals surface area contributed by atoms with Gasteiger partial charge in [0.15, 0.2) is 0 Å². The standard InChI is InChI=1S/C39H40F3N3O8.C30H31F3N2O6/c1-3-4-5-6-7-20-52-35-19-13-29(23-43-35)38(50)53-31-16-8-26(9-17-31)24-45(25-36(47)48)37(49)27-10-14-30(15-11-27)44-34(46)21-28-12-18-32(51-2)22-33(28)39(40,41)42;1-29(2,3)41-27(38)18-35(17-19-5-12-23(36)13-6-19)28(39)20-7-10-22(11-8-20)34-26(37)15-21-9-14-24(40-4)16-25(21)30(31,32)33/h8-19,22-23H,3-7,20-21,24-25H2,1-2H3,(H,44,46)(H,47,48);5-14,16,36H,15,17-18H2,1-4H3,(H,34,37). The summed E-state index contributed by atoms with van der Waals surface area (Å²) in [7, 11) is 2.49. The van der Waals surface area contributed by atoms with Crippen LogP contribution in [-0.2, 0) is 62.2 Å². The molecule has 19 nitrogen and oxygen atoms in total. The molecule has 6 aromatic carbocycles. The molecule has 7 aromatic rings. The second-order valence-electron chi connectivity index (χ2n) is 22.3. The predicted octanol–water partition coefficient (Wildman–Crippen LogP) is 13.2. The zero-order valence-corrected chi connectivity index (χ0v) is 52.3. The lowest BCUT2D eigenvalue weighted by molar-refractivity contribution is -0.155. The molecule has 0 aliphatic heterocycles. The van der Waals surface area contributed by atoms with Gasteiger partial charge in [0.25, 0.3) is 11.8 Å². The van der Waals surface area contributed by atoms with Crippen molar-refractivity contribution >= 4 is 52.9 Å². The number of nitrogens with zero attached hydrogens (tertiary/aromatic N) is 3. The first-order chi connectivity index (χ1) is 44.5. The number of alkyl halides is 6. The van der Waals surface area contributed by atoms with E-state index in [9.17, 15) is 70.1 Å². The van der Waals surface area contributed by atoms with Gasteiger partial charge in [-0.15, -0.1) is 0 Å². The minimum absolute atomic E-state index is 0.00134. The molecular formula is C69H71F6N5O14. The van der Waals surface area contributed by atoms with Gasteiger partial charge in [-0.05, 0) is 153 Å². The largest absolute Gasteiger partial charge is 0.508 e. The van der Waals surface area contributed by atoms with E-state index in [1.165, 1.54) is 135 Å². The summed E-state index contributed by atoms with van der Waals surface area (Å²) in [5.74, 6) is -4.29. The van der Waals surface area contributed by atoms with E-state index in [4.69, 9.17) is 23.7 Å². The maximum atomic E-state index is 13.5. The van der Waals surface area contributed by atoms with Crippen molar-refractivity contribution < 1.29 is 93.8 Å². The van der Waals surface area contributed by atoms with E-state index in [2.05, 4.69) is 22.5 Å². The quantitative estimate of drug-likeness (QED) is 0.0162. The molecule has 1 heterocycles. The number of esters is 2. The zero-order chi connectivity index (χ0) is 68.8. The Kier molecular flexibility index (Phi) is 26.1. The highest BCUT2D eigenvalue weighted by Crippen LogP contribution is 2.36. The van der Waals surface area contributed by atoms with Crippen LogP contribution in [0.25, 0.3) is 0 Å². The van der Waals surface area contributed by atoms with Gasteiger partial charge in [-0.1, -0.05) is 69.0 Å². The van der Waals surface area contributed by atoms with Gasteiger partial charge in [0.1, 0.15) is 41.7 Å². The van der Waals surface area contributed by atoms with Gasteiger partial charge in [-0.3, -0.25) is 28.8 Å². The van der Waals surface area contributed by atoms with Gasteiger partial charge in [0, 0.05) is 47.9 Å². The van der Waals surface area contributed by atoms with Crippen LogP contribution < -0.4 is 29.6 Å². The number of unbranched alkanes of at least 4 members (excludes halogenated alkanes) is 4. The van der Waals surface area contributed by atoms with Crippen molar-refractivity contribution in [3.05, 3.63) is 202 Å². The van der Waals surface area contributed by atoms with Crippen molar-refractivity contribution in [2.24, 2.45) is 0 Å². The van der Waals surface area contributed by atoms with Crippen molar-refractivity contribution in [1.82, 2.24) is 14.8 Å². The van der Waals surface area contributed by atoms with E-state index in [0.717, 1.165) is 36.3 Å². The summed E-state index contributed by atoms with van der Waals surface area (Å²) < 4.78 is 107. The third kappa shape index (κ3) is 23.3. The number of pyridine rings is 1. The Morgan fingerprint density at radius 3 is 1.41 bits per heavy atom. The normalized spacial score (nSPS) is 11.2. The number of aromatic hydroxyl groups is 1. The highest BCUT2D eigenvalue weighted by atomic mass is 19.4. The van der Waals surface area contributed by atoms with Gasteiger partial charge in [0.2, 0.25) is 17.7 Å². The van der Waals surface area contributed by atoms with E-state index in [1.807, 2.05) is 0 Å². The van der Waals surface area contributed by atoms with Crippen molar-refractivity contribution in [2.45, 2.75) is 104 Å². The number of phenolic OH excluding ortho intramolecular Hbond substituents is 1. The van der Waals surface area contributed by atoms with Crippen LogP contribution in [0.3, 0.4) is 0 Å². The Morgan fingerprint density at radius 1 is 0.543 bits per heavy atom. The summed E-state index contributed by atoms with van der Waals surface area (Å²) in [6, 6.07) is 33.5. The number of aromatic nitrogens is 1. The number of carbonyl (C=O) groups excluding carboxylic acids is 6. The number of methoxy groups -OCH3 is 2. The molecule has 4 N–H and O–H groups in total. The van der Waals surface area contributed by atoms with Gasteiger partial charge >= 0.3 is 30.3 Å². The average Bonchev–Trinajstić information content (AvgIpc) is 0.840. The van der Waals surface area contributed by atoms with E-state index >= 15 is 0 Å². The number of hydrogen-bond donors (Lipinski definition) is 4. The summed E-state index contributed by atoms with van der Waals surface area (Å²) in [5.41, 5.74) is -0.912. The lowest BCUT2D eigenvalue weighted by atomic mass is 10.0. The van der Waals surface area contributed by atoms with Crippen LogP contribution in [0.2, 0.25) is 0 Å². The van der Waals surface area contributed by atoms with Gasteiger partial charge < -0.3 is 54.3 Å². The third-order valence-corrected chi connectivity index (χ3v) is 13.7. The number of aliphatic carboxylic acids is 1. The molecule has 0 spiro atoms. The van der Waals surface area contributed by atoms with Crippen LogP contribution >= 0.6 is 0 Å². The van der Waals surface area contributed by atoms with E-state index in [-0.39, 0.29) is 81.8 Å². The molecule has 0 unspecified atom stereocenters. The molecule has 94 heavy (non-hydrogen) atoms. The lowest BCUT2D eigenvalue weighted by Gasteiger charge is -2.25. The molecule has 0 radical (unpaired) electrons. The summed E-state index contributed by atoms with van der Waals surface area (Å²) in [6.45, 7) is 6.84. The van der Waals surface area contributed by atoms with Crippen LogP contribution in [0.15, 0.2) is 152 Å². The average molecular weight is 1310 g/mol. The van der Waals surface area contributed by atoms with E-state index < -0.39 is 90.0 Å². The number of nitrogens with one attached hydrogen (secondary N) is 2. The number of phenols is 1. The fraction of sp³-hybridized carbons (Fsp3) is 0.304. The first-order valence-electron chi connectivity index (χ1n) is 29.5. The number of carboxylic acid groups (broad SMARTS) is 1. The highest BCUT2D eigenvalue weighted by molar-refractivity contribution is 5.99. The fourth-order valence-corrected chi connectivity index (χ4v) is 9.15. The van der Waals surface area contributed by atoms with E-state index in [0.29, 0.717) is 23.6 Å². The van der Waals surface area contributed by atoms with Crippen LogP contribution in [0.4, 0.5) is 37.7 Å².